The molecule has 0 saturated heterocycles. The summed E-state index contributed by atoms with van der Waals surface area (Å²) in [7, 11) is 0. The first kappa shape index (κ1) is 12.7. The van der Waals surface area contributed by atoms with Crippen LogP contribution in [0.5, 0.6) is 0 Å². The van der Waals surface area contributed by atoms with Gasteiger partial charge in [0, 0.05) is 11.1 Å². The highest BCUT2D eigenvalue weighted by Gasteiger charge is 2.01. The monoisotopic (exact) mass is 238 g/mol. The largest absolute Gasteiger partial charge is 0.330 e. The molecule has 3 N–H and O–H groups in total. The lowest BCUT2D eigenvalue weighted by Crippen LogP contribution is -2.16. The number of hydrogen-bond donors (Lipinski definition) is 2. The standard InChI is InChI=1S/C12H14N2O.ClH/c1-8-2-3-11-10(6-8)7-9(4-5-13)12(15)14-11;/h2-3,6-7H,4-5,13H2,1H3,(H,14,15);1H. The Hall–Kier alpha value is -1.32. The molecular weight excluding hydrogens is 224 g/mol. The van der Waals surface area contributed by atoms with Crippen LogP contribution in [0.15, 0.2) is 29.1 Å². The number of fused-ring (bicyclic) bond motifs is 1. The summed E-state index contributed by atoms with van der Waals surface area (Å²) in [5, 5.41) is 1.07. The Morgan fingerprint density at radius 2 is 2.06 bits per heavy atom. The molecule has 1 aromatic carbocycles. The minimum Gasteiger partial charge on any atom is -0.330 e. The fourth-order valence-corrected chi connectivity index (χ4v) is 1.71. The van der Waals surface area contributed by atoms with Gasteiger partial charge in [-0.2, -0.15) is 0 Å². The van der Waals surface area contributed by atoms with Crippen LogP contribution in [0.2, 0.25) is 0 Å². The van der Waals surface area contributed by atoms with Gasteiger partial charge in [0.1, 0.15) is 0 Å². The van der Waals surface area contributed by atoms with Crippen LogP contribution >= 0.6 is 12.4 Å². The quantitative estimate of drug-likeness (QED) is 0.838. The Bertz CT molecular complexity index is 548. The van der Waals surface area contributed by atoms with E-state index in [1.54, 1.807) is 0 Å². The third-order valence-electron chi connectivity index (χ3n) is 2.49. The van der Waals surface area contributed by atoms with Crippen molar-refractivity contribution in [2.45, 2.75) is 13.3 Å². The summed E-state index contributed by atoms with van der Waals surface area (Å²) < 4.78 is 0. The van der Waals surface area contributed by atoms with E-state index in [4.69, 9.17) is 5.73 Å². The minimum atomic E-state index is -0.0307. The maximum absolute atomic E-state index is 11.6. The number of rotatable bonds is 2. The van der Waals surface area contributed by atoms with Gasteiger partial charge in [-0.15, -0.1) is 12.4 Å². The molecule has 0 saturated carbocycles. The van der Waals surface area contributed by atoms with Crippen molar-refractivity contribution in [1.82, 2.24) is 4.98 Å². The van der Waals surface area contributed by atoms with Crippen molar-refractivity contribution in [1.29, 1.82) is 0 Å². The first-order valence-corrected chi connectivity index (χ1v) is 5.03. The van der Waals surface area contributed by atoms with Crippen LogP contribution in [0.25, 0.3) is 10.9 Å². The van der Waals surface area contributed by atoms with Gasteiger partial charge in [0.2, 0.25) is 0 Å². The van der Waals surface area contributed by atoms with E-state index in [1.807, 2.05) is 25.1 Å². The SMILES string of the molecule is Cc1ccc2[nH]c(=O)c(CCN)cc2c1.Cl. The third-order valence-corrected chi connectivity index (χ3v) is 2.49. The highest BCUT2D eigenvalue weighted by atomic mass is 35.5. The van der Waals surface area contributed by atoms with Crippen molar-refractivity contribution in [2.75, 3.05) is 6.54 Å². The van der Waals surface area contributed by atoms with Crippen molar-refractivity contribution in [3.63, 3.8) is 0 Å². The van der Waals surface area contributed by atoms with E-state index >= 15 is 0 Å². The number of H-pyrrole nitrogens is 1. The maximum atomic E-state index is 11.6. The Morgan fingerprint density at radius 3 is 2.75 bits per heavy atom. The van der Waals surface area contributed by atoms with Crippen molar-refractivity contribution in [3.8, 4) is 0 Å². The highest BCUT2D eigenvalue weighted by molar-refractivity contribution is 5.85. The van der Waals surface area contributed by atoms with Crippen molar-refractivity contribution in [3.05, 3.63) is 45.7 Å². The lowest BCUT2D eigenvalue weighted by atomic mass is 10.1. The van der Waals surface area contributed by atoms with Crippen LogP contribution < -0.4 is 11.3 Å². The second-order valence-corrected chi connectivity index (χ2v) is 3.75. The molecule has 0 aliphatic rings. The predicted molar refractivity (Wildman–Crippen MR) is 69.3 cm³/mol. The Labute approximate surface area is 100 Å². The molecule has 0 fully saturated rings. The zero-order chi connectivity index (χ0) is 10.8. The van der Waals surface area contributed by atoms with Crippen LogP contribution in [0.1, 0.15) is 11.1 Å². The number of benzene rings is 1. The molecule has 1 aromatic heterocycles. The number of aromatic nitrogens is 1. The molecule has 0 amide bonds. The zero-order valence-electron chi connectivity index (χ0n) is 9.12. The van der Waals surface area contributed by atoms with Crippen molar-refractivity contribution in [2.24, 2.45) is 5.73 Å². The smallest absolute Gasteiger partial charge is 0.251 e. The Kier molecular flexibility index (Phi) is 4.10. The molecule has 0 atom stereocenters. The second-order valence-electron chi connectivity index (χ2n) is 3.75. The van der Waals surface area contributed by atoms with Crippen molar-refractivity contribution < 1.29 is 0 Å². The Balaban J connectivity index is 0.00000128. The van der Waals surface area contributed by atoms with Gasteiger partial charge in [-0.1, -0.05) is 11.6 Å². The second kappa shape index (κ2) is 5.14. The van der Waals surface area contributed by atoms with E-state index in [2.05, 4.69) is 11.1 Å². The number of nitrogens with one attached hydrogen (secondary N) is 1. The molecule has 0 spiro atoms. The molecule has 0 radical (unpaired) electrons. The molecule has 16 heavy (non-hydrogen) atoms. The average molecular weight is 239 g/mol. The Morgan fingerprint density at radius 1 is 1.31 bits per heavy atom. The number of aromatic amines is 1. The number of halogens is 1. The molecule has 0 bridgehead atoms. The minimum absolute atomic E-state index is 0. The first-order valence-electron chi connectivity index (χ1n) is 5.03. The molecule has 2 rings (SSSR count). The summed E-state index contributed by atoms with van der Waals surface area (Å²) in [5.74, 6) is 0. The topological polar surface area (TPSA) is 58.9 Å². The lowest BCUT2D eigenvalue weighted by molar-refractivity contribution is 0.949. The van der Waals surface area contributed by atoms with E-state index in [1.165, 1.54) is 5.56 Å². The third kappa shape index (κ3) is 2.43. The van der Waals surface area contributed by atoms with Crippen molar-refractivity contribution >= 4 is 23.3 Å². The fourth-order valence-electron chi connectivity index (χ4n) is 1.71. The highest BCUT2D eigenvalue weighted by Crippen LogP contribution is 2.13. The number of pyridine rings is 1. The molecule has 4 heteroatoms. The number of nitrogens with two attached hydrogens (primary N) is 1. The fraction of sp³-hybridized carbons (Fsp3) is 0.250. The summed E-state index contributed by atoms with van der Waals surface area (Å²) in [4.78, 5) is 14.5. The van der Waals surface area contributed by atoms with Gasteiger partial charge in [-0.05, 0) is 43.5 Å². The average Bonchev–Trinajstić information content (AvgIpc) is 2.20. The van der Waals surface area contributed by atoms with E-state index in [0.717, 1.165) is 16.5 Å². The van der Waals surface area contributed by atoms with Gasteiger partial charge in [-0.25, -0.2) is 0 Å². The summed E-state index contributed by atoms with van der Waals surface area (Å²) >= 11 is 0. The molecule has 0 aliphatic heterocycles. The summed E-state index contributed by atoms with van der Waals surface area (Å²) in [5.41, 5.74) is 8.25. The van der Waals surface area contributed by atoms with Crippen LogP contribution in [0.3, 0.4) is 0 Å². The molecule has 2 aromatic rings. The number of hydrogen-bond acceptors (Lipinski definition) is 2. The van der Waals surface area contributed by atoms with Gasteiger partial charge in [0.05, 0.1) is 0 Å². The van der Waals surface area contributed by atoms with Crippen LogP contribution in [0, 0.1) is 6.92 Å². The first-order chi connectivity index (χ1) is 7.20. The van der Waals surface area contributed by atoms with Gasteiger partial charge >= 0.3 is 0 Å². The zero-order valence-corrected chi connectivity index (χ0v) is 9.93. The van der Waals surface area contributed by atoms with Crippen LogP contribution in [-0.4, -0.2) is 11.5 Å². The van der Waals surface area contributed by atoms with Gasteiger partial charge < -0.3 is 10.7 Å². The van der Waals surface area contributed by atoms with Gasteiger partial charge in [0.25, 0.3) is 5.56 Å². The van der Waals surface area contributed by atoms with E-state index < -0.39 is 0 Å². The molecule has 3 nitrogen and oxygen atoms in total. The normalized spacial score (nSPS) is 10.1. The molecule has 0 aliphatic carbocycles. The summed E-state index contributed by atoms with van der Waals surface area (Å²) in [6, 6.07) is 7.90. The van der Waals surface area contributed by atoms with E-state index in [9.17, 15) is 4.79 Å². The predicted octanol–water partition coefficient (Wildman–Crippen LogP) is 1.76. The summed E-state index contributed by atoms with van der Waals surface area (Å²) in [6.45, 7) is 2.54. The van der Waals surface area contributed by atoms with Gasteiger partial charge in [0.15, 0.2) is 0 Å². The maximum Gasteiger partial charge on any atom is 0.251 e. The molecule has 1 heterocycles. The molecule has 0 unspecified atom stereocenters. The van der Waals surface area contributed by atoms with Gasteiger partial charge in [-0.3, -0.25) is 4.79 Å². The molecular formula is C12H15ClN2O. The molecule has 86 valence electrons. The summed E-state index contributed by atoms with van der Waals surface area (Å²) in [6.07, 6.45) is 0.624. The van der Waals surface area contributed by atoms with Crippen LogP contribution in [0.4, 0.5) is 0 Å². The van der Waals surface area contributed by atoms with Crippen LogP contribution in [-0.2, 0) is 6.42 Å². The lowest BCUT2D eigenvalue weighted by Gasteiger charge is -2.02. The number of aryl methyl sites for hydroxylation is 1. The van der Waals surface area contributed by atoms with E-state index in [0.29, 0.717) is 13.0 Å². The van der Waals surface area contributed by atoms with E-state index in [-0.39, 0.29) is 18.0 Å².